The van der Waals surface area contributed by atoms with Crippen LogP contribution in [0.2, 0.25) is 0 Å². The predicted octanol–water partition coefficient (Wildman–Crippen LogP) is 2.88. The first kappa shape index (κ1) is 18.0. The molecule has 0 saturated heterocycles. The lowest BCUT2D eigenvalue weighted by Gasteiger charge is -2.29. The summed E-state index contributed by atoms with van der Waals surface area (Å²) in [6.07, 6.45) is 3.81. The zero-order valence-electron chi connectivity index (χ0n) is 14.3. The molecule has 0 bridgehead atoms. The number of amides is 1. The fourth-order valence-electron chi connectivity index (χ4n) is 3.03. The Morgan fingerprint density at radius 1 is 1.35 bits per heavy atom. The molecule has 0 aliphatic heterocycles. The van der Waals surface area contributed by atoms with Crippen LogP contribution in [0.25, 0.3) is 0 Å². The maximum atomic E-state index is 12.1. The van der Waals surface area contributed by atoms with Gasteiger partial charge in [-0.25, -0.2) is 0 Å². The lowest BCUT2D eigenvalue weighted by Crippen LogP contribution is -2.42. The molecule has 4 nitrogen and oxygen atoms in total. The number of carbonyl (C=O) groups is 1. The van der Waals surface area contributed by atoms with Gasteiger partial charge in [0, 0.05) is 27.8 Å². The molecule has 0 heterocycles. The summed E-state index contributed by atoms with van der Waals surface area (Å²) < 4.78 is 17.6. The average Bonchev–Trinajstić information content (AvgIpc) is 2.55. The molecular formula is C18H27NO3S. The third-order valence-corrected chi connectivity index (χ3v) is 6.09. The van der Waals surface area contributed by atoms with Gasteiger partial charge in [0.1, 0.15) is 5.75 Å². The smallest absolute Gasteiger partial charge is 0.258 e. The molecule has 1 aliphatic carbocycles. The minimum absolute atomic E-state index is 0.0301. The average molecular weight is 337 g/mol. The second-order valence-corrected chi connectivity index (χ2v) is 8.29. The Morgan fingerprint density at radius 3 is 2.87 bits per heavy atom. The first-order chi connectivity index (χ1) is 11.0. The number of aryl methyl sites for hydroxylation is 2. The maximum Gasteiger partial charge on any atom is 0.258 e. The van der Waals surface area contributed by atoms with Crippen molar-refractivity contribution in [2.24, 2.45) is 0 Å². The van der Waals surface area contributed by atoms with E-state index < -0.39 is 10.8 Å². The second kappa shape index (κ2) is 8.48. The van der Waals surface area contributed by atoms with Gasteiger partial charge in [-0.05, 0) is 50.3 Å². The summed E-state index contributed by atoms with van der Waals surface area (Å²) in [5, 5.41) is 3.26. The van der Waals surface area contributed by atoms with Crippen molar-refractivity contribution < 1.29 is 13.7 Å². The van der Waals surface area contributed by atoms with E-state index >= 15 is 0 Å². The van der Waals surface area contributed by atoms with Crippen LogP contribution in [0.4, 0.5) is 0 Å². The van der Waals surface area contributed by atoms with Crippen molar-refractivity contribution in [2.45, 2.75) is 57.7 Å². The molecule has 1 aliphatic rings. The normalized spacial score (nSPS) is 22.4. The van der Waals surface area contributed by atoms with Crippen LogP contribution in [0, 0.1) is 13.8 Å². The fraction of sp³-hybridized carbons (Fsp3) is 0.611. The second-order valence-electron chi connectivity index (χ2n) is 6.28. The first-order valence-electron chi connectivity index (χ1n) is 8.36. The summed E-state index contributed by atoms with van der Waals surface area (Å²) in [5.41, 5.74) is 2.14. The molecule has 1 fully saturated rings. The number of benzene rings is 1. The lowest BCUT2D eigenvalue weighted by atomic mass is 9.95. The van der Waals surface area contributed by atoms with Gasteiger partial charge in [0.2, 0.25) is 0 Å². The zero-order valence-corrected chi connectivity index (χ0v) is 15.1. The highest BCUT2D eigenvalue weighted by atomic mass is 32.2. The number of rotatable bonds is 6. The molecule has 23 heavy (non-hydrogen) atoms. The van der Waals surface area contributed by atoms with E-state index in [-0.39, 0.29) is 23.8 Å². The summed E-state index contributed by atoms with van der Waals surface area (Å²) in [6.45, 7) is 5.96. The Balaban J connectivity index is 1.82. The van der Waals surface area contributed by atoms with Crippen LogP contribution in [0.3, 0.4) is 0 Å². The van der Waals surface area contributed by atoms with E-state index in [0.717, 1.165) is 42.6 Å². The highest BCUT2D eigenvalue weighted by Gasteiger charge is 2.26. The number of hydrogen-bond donors (Lipinski definition) is 1. The molecule has 1 N–H and O–H groups in total. The van der Waals surface area contributed by atoms with Crippen molar-refractivity contribution in [3.63, 3.8) is 0 Å². The molecule has 1 aromatic carbocycles. The van der Waals surface area contributed by atoms with Crippen LogP contribution in [0.5, 0.6) is 5.75 Å². The molecular weight excluding hydrogens is 310 g/mol. The monoisotopic (exact) mass is 337 g/mol. The summed E-state index contributed by atoms with van der Waals surface area (Å²) >= 11 is 0. The Bertz CT molecular complexity index is 573. The van der Waals surface area contributed by atoms with Gasteiger partial charge in [0.15, 0.2) is 6.61 Å². The maximum absolute atomic E-state index is 12.1. The third-order valence-electron chi connectivity index (χ3n) is 4.35. The molecule has 128 valence electrons. The molecule has 1 amide bonds. The SMILES string of the molecule is CCS(=O)C1CCCC(NC(=O)COc2cc(C)ccc2C)C1. The van der Waals surface area contributed by atoms with Crippen molar-refractivity contribution in [1.29, 1.82) is 0 Å². The van der Waals surface area contributed by atoms with Crippen molar-refractivity contribution in [3.8, 4) is 5.75 Å². The predicted molar refractivity (Wildman–Crippen MR) is 94.3 cm³/mol. The fourth-order valence-corrected chi connectivity index (χ4v) is 4.37. The van der Waals surface area contributed by atoms with Gasteiger partial charge in [-0.2, -0.15) is 0 Å². The zero-order chi connectivity index (χ0) is 16.8. The van der Waals surface area contributed by atoms with Crippen LogP contribution >= 0.6 is 0 Å². The van der Waals surface area contributed by atoms with E-state index in [1.807, 2.05) is 39.0 Å². The summed E-state index contributed by atoms with van der Waals surface area (Å²) in [5.74, 6) is 1.36. The molecule has 2 rings (SSSR count). The van der Waals surface area contributed by atoms with Gasteiger partial charge in [-0.3, -0.25) is 9.00 Å². The first-order valence-corrected chi connectivity index (χ1v) is 9.74. The van der Waals surface area contributed by atoms with Crippen LogP contribution in [-0.4, -0.2) is 33.8 Å². The van der Waals surface area contributed by atoms with Gasteiger partial charge in [0.25, 0.3) is 5.91 Å². The molecule has 0 spiro atoms. The summed E-state index contributed by atoms with van der Waals surface area (Å²) in [7, 11) is -0.771. The minimum Gasteiger partial charge on any atom is -0.483 e. The quantitative estimate of drug-likeness (QED) is 0.868. The Morgan fingerprint density at radius 2 is 2.13 bits per heavy atom. The van der Waals surface area contributed by atoms with Crippen LogP contribution < -0.4 is 10.1 Å². The number of ether oxygens (including phenoxy) is 1. The highest BCUT2D eigenvalue weighted by Crippen LogP contribution is 2.23. The molecule has 1 saturated carbocycles. The van der Waals surface area contributed by atoms with E-state index in [2.05, 4.69) is 5.32 Å². The number of hydrogen-bond acceptors (Lipinski definition) is 3. The number of carbonyl (C=O) groups excluding carboxylic acids is 1. The van der Waals surface area contributed by atoms with Gasteiger partial charge in [0.05, 0.1) is 0 Å². The summed E-state index contributed by atoms with van der Waals surface area (Å²) in [6, 6.07) is 6.09. The Labute approximate surface area is 141 Å². The number of nitrogens with one attached hydrogen (secondary N) is 1. The van der Waals surface area contributed by atoms with Gasteiger partial charge < -0.3 is 10.1 Å². The van der Waals surface area contributed by atoms with Gasteiger partial charge in [-0.1, -0.05) is 25.5 Å². The van der Waals surface area contributed by atoms with Gasteiger partial charge >= 0.3 is 0 Å². The van der Waals surface area contributed by atoms with Crippen molar-refractivity contribution in [2.75, 3.05) is 12.4 Å². The largest absolute Gasteiger partial charge is 0.483 e. The third kappa shape index (κ3) is 5.34. The Kier molecular flexibility index (Phi) is 6.63. The Hall–Kier alpha value is -1.36. The van der Waals surface area contributed by atoms with Crippen molar-refractivity contribution in [1.82, 2.24) is 5.32 Å². The van der Waals surface area contributed by atoms with Crippen LogP contribution in [-0.2, 0) is 15.6 Å². The van der Waals surface area contributed by atoms with Crippen molar-refractivity contribution in [3.05, 3.63) is 29.3 Å². The topological polar surface area (TPSA) is 55.4 Å². The van der Waals surface area contributed by atoms with E-state index in [1.54, 1.807) is 0 Å². The minimum atomic E-state index is -0.771. The van der Waals surface area contributed by atoms with E-state index in [9.17, 15) is 9.00 Å². The summed E-state index contributed by atoms with van der Waals surface area (Å²) in [4.78, 5) is 12.1. The molecule has 0 aromatic heterocycles. The molecule has 3 atom stereocenters. The van der Waals surface area contributed by atoms with Crippen LogP contribution in [0.15, 0.2) is 18.2 Å². The molecule has 3 unspecified atom stereocenters. The standard InChI is InChI=1S/C18H27NO3S/c1-4-23(21)16-7-5-6-15(11-16)19-18(20)12-22-17-10-13(2)8-9-14(17)3/h8-10,15-16H,4-7,11-12H2,1-3H3,(H,19,20). The van der Waals surface area contributed by atoms with E-state index in [4.69, 9.17) is 4.74 Å². The van der Waals surface area contributed by atoms with E-state index in [0.29, 0.717) is 5.75 Å². The van der Waals surface area contributed by atoms with Gasteiger partial charge in [-0.15, -0.1) is 0 Å². The highest BCUT2D eigenvalue weighted by molar-refractivity contribution is 7.85. The molecule has 0 radical (unpaired) electrons. The lowest BCUT2D eigenvalue weighted by molar-refractivity contribution is -0.124. The van der Waals surface area contributed by atoms with Crippen LogP contribution in [0.1, 0.15) is 43.7 Å². The molecule has 5 heteroatoms. The van der Waals surface area contributed by atoms with E-state index in [1.165, 1.54) is 0 Å². The molecule has 1 aromatic rings. The van der Waals surface area contributed by atoms with Crippen molar-refractivity contribution >= 4 is 16.7 Å².